The number of nitrogens with one attached hydrogen (secondary N) is 1. The maximum Gasteiger partial charge on any atom is 0.123 e. The Labute approximate surface area is 110 Å². The van der Waals surface area contributed by atoms with Crippen molar-refractivity contribution in [2.45, 2.75) is 32.2 Å². The molecule has 0 bridgehead atoms. The van der Waals surface area contributed by atoms with Crippen molar-refractivity contribution in [3.8, 4) is 5.75 Å². The lowest BCUT2D eigenvalue weighted by Gasteiger charge is -2.34. The molecule has 1 fully saturated rings. The molecule has 0 amide bonds. The van der Waals surface area contributed by atoms with Gasteiger partial charge in [-0.1, -0.05) is 26.8 Å². The maximum atomic E-state index is 6.37. The van der Waals surface area contributed by atoms with Crippen molar-refractivity contribution in [2.75, 3.05) is 20.2 Å². The van der Waals surface area contributed by atoms with Gasteiger partial charge in [0.1, 0.15) is 5.75 Å². The van der Waals surface area contributed by atoms with E-state index in [4.69, 9.17) is 10.5 Å². The summed E-state index contributed by atoms with van der Waals surface area (Å²) in [4.78, 5) is 0. The molecule has 1 heterocycles. The Kier molecular flexibility index (Phi) is 3.64. The predicted molar refractivity (Wildman–Crippen MR) is 75.0 cm³/mol. The van der Waals surface area contributed by atoms with E-state index in [0.29, 0.717) is 5.92 Å². The highest BCUT2D eigenvalue weighted by Gasteiger charge is 2.28. The lowest BCUT2D eigenvalue weighted by Crippen LogP contribution is -2.47. The van der Waals surface area contributed by atoms with Gasteiger partial charge in [-0.25, -0.2) is 0 Å². The van der Waals surface area contributed by atoms with Gasteiger partial charge in [-0.3, -0.25) is 0 Å². The van der Waals surface area contributed by atoms with Crippen molar-refractivity contribution in [1.82, 2.24) is 5.32 Å². The van der Waals surface area contributed by atoms with Crippen LogP contribution in [0.25, 0.3) is 0 Å². The number of ether oxygens (including phenoxy) is 1. The fraction of sp³-hybridized carbons (Fsp3) is 0.600. The van der Waals surface area contributed by atoms with Gasteiger partial charge >= 0.3 is 0 Å². The smallest absolute Gasteiger partial charge is 0.123 e. The molecule has 0 radical (unpaired) electrons. The molecule has 0 aliphatic carbocycles. The zero-order valence-electron chi connectivity index (χ0n) is 11.8. The van der Waals surface area contributed by atoms with E-state index in [1.807, 2.05) is 6.07 Å². The molecule has 3 heteroatoms. The predicted octanol–water partition coefficient (Wildman–Crippen LogP) is 2.21. The summed E-state index contributed by atoms with van der Waals surface area (Å²) in [6, 6.07) is 6.45. The lowest BCUT2D eigenvalue weighted by atomic mass is 9.82. The Morgan fingerprint density at radius 3 is 2.44 bits per heavy atom. The minimum absolute atomic E-state index is 0.0588. The molecule has 1 aromatic rings. The Hall–Kier alpha value is -1.06. The molecular formula is C15H24N2O. The molecule has 0 saturated carbocycles. The summed E-state index contributed by atoms with van der Waals surface area (Å²) in [5.74, 6) is 1.43. The summed E-state index contributed by atoms with van der Waals surface area (Å²) in [5, 5.41) is 3.27. The summed E-state index contributed by atoms with van der Waals surface area (Å²) >= 11 is 0. The minimum Gasteiger partial charge on any atom is -0.496 e. The summed E-state index contributed by atoms with van der Waals surface area (Å²) in [6.45, 7) is 8.66. The van der Waals surface area contributed by atoms with Crippen molar-refractivity contribution in [3.05, 3.63) is 29.3 Å². The Balaban J connectivity index is 2.35. The third-order valence-electron chi connectivity index (χ3n) is 3.78. The van der Waals surface area contributed by atoms with E-state index in [0.717, 1.165) is 24.4 Å². The third kappa shape index (κ3) is 2.52. The second-order valence-corrected chi connectivity index (χ2v) is 6.15. The fourth-order valence-electron chi connectivity index (χ4n) is 2.28. The topological polar surface area (TPSA) is 47.3 Å². The van der Waals surface area contributed by atoms with Crippen LogP contribution < -0.4 is 15.8 Å². The summed E-state index contributed by atoms with van der Waals surface area (Å²) in [5.41, 5.74) is 8.95. The van der Waals surface area contributed by atoms with Gasteiger partial charge in [0.2, 0.25) is 0 Å². The first-order valence-electron chi connectivity index (χ1n) is 6.58. The maximum absolute atomic E-state index is 6.37. The highest BCUT2D eigenvalue weighted by Crippen LogP contribution is 2.34. The van der Waals surface area contributed by atoms with Crippen LogP contribution in [0.5, 0.6) is 5.75 Å². The molecule has 100 valence electrons. The van der Waals surface area contributed by atoms with Gasteiger partial charge in [-0.05, 0) is 23.1 Å². The second kappa shape index (κ2) is 4.90. The molecule has 1 atom stereocenters. The van der Waals surface area contributed by atoms with Crippen molar-refractivity contribution in [3.63, 3.8) is 0 Å². The second-order valence-electron chi connectivity index (χ2n) is 6.15. The van der Waals surface area contributed by atoms with Crippen LogP contribution in [0.4, 0.5) is 0 Å². The molecule has 1 unspecified atom stereocenters. The first-order valence-corrected chi connectivity index (χ1v) is 6.58. The van der Waals surface area contributed by atoms with Crippen molar-refractivity contribution in [2.24, 2.45) is 11.7 Å². The first-order chi connectivity index (χ1) is 8.43. The third-order valence-corrected chi connectivity index (χ3v) is 3.78. The number of nitrogens with two attached hydrogens (primary N) is 1. The van der Waals surface area contributed by atoms with Gasteiger partial charge in [-0.15, -0.1) is 0 Å². The zero-order valence-corrected chi connectivity index (χ0v) is 11.8. The molecule has 3 N–H and O–H groups in total. The molecule has 1 aromatic carbocycles. The van der Waals surface area contributed by atoms with E-state index in [2.05, 4.69) is 38.2 Å². The van der Waals surface area contributed by atoms with Crippen LogP contribution in [0.3, 0.4) is 0 Å². The molecule has 2 rings (SSSR count). The van der Waals surface area contributed by atoms with Crippen LogP contribution in [0, 0.1) is 5.92 Å². The first kappa shape index (κ1) is 13.4. The van der Waals surface area contributed by atoms with E-state index < -0.39 is 0 Å². The normalized spacial score (nSPS) is 18.3. The van der Waals surface area contributed by atoms with Gasteiger partial charge < -0.3 is 15.8 Å². The van der Waals surface area contributed by atoms with Crippen LogP contribution in [0.15, 0.2) is 18.2 Å². The largest absolute Gasteiger partial charge is 0.496 e. The van der Waals surface area contributed by atoms with Crippen LogP contribution in [0.2, 0.25) is 0 Å². The van der Waals surface area contributed by atoms with Gasteiger partial charge in [0, 0.05) is 30.6 Å². The SMILES string of the molecule is COc1ccc(C(C)(C)C)cc1C(N)C1CNC1. The highest BCUT2D eigenvalue weighted by molar-refractivity contribution is 5.42. The monoisotopic (exact) mass is 248 g/mol. The number of hydrogen-bond acceptors (Lipinski definition) is 3. The highest BCUT2D eigenvalue weighted by atomic mass is 16.5. The van der Waals surface area contributed by atoms with Crippen LogP contribution in [0.1, 0.15) is 37.9 Å². The summed E-state index contributed by atoms with van der Waals surface area (Å²) in [7, 11) is 1.71. The van der Waals surface area contributed by atoms with E-state index in [9.17, 15) is 0 Å². The van der Waals surface area contributed by atoms with Crippen molar-refractivity contribution >= 4 is 0 Å². The van der Waals surface area contributed by atoms with Crippen LogP contribution >= 0.6 is 0 Å². The van der Waals surface area contributed by atoms with Gasteiger partial charge in [0.25, 0.3) is 0 Å². The quantitative estimate of drug-likeness (QED) is 0.862. The summed E-state index contributed by atoms with van der Waals surface area (Å²) < 4.78 is 5.45. The molecule has 1 aliphatic heterocycles. The van der Waals surface area contributed by atoms with E-state index in [1.54, 1.807) is 7.11 Å². The Morgan fingerprint density at radius 2 is 2.00 bits per heavy atom. The molecule has 0 aromatic heterocycles. The minimum atomic E-state index is 0.0588. The molecule has 0 spiro atoms. The number of hydrogen-bond donors (Lipinski definition) is 2. The molecule has 1 aliphatic rings. The lowest BCUT2D eigenvalue weighted by molar-refractivity contribution is 0.288. The molecule has 3 nitrogen and oxygen atoms in total. The van der Waals surface area contributed by atoms with Gasteiger partial charge in [0.05, 0.1) is 7.11 Å². The van der Waals surface area contributed by atoms with Gasteiger partial charge in [-0.2, -0.15) is 0 Å². The Bertz CT molecular complexity index is 419. The molecule has 1 saturated heterocycles. The molecular weight excluding hydrogens is 224 g/mol. The van der Waals surface area contributed by atoms with E-state index in [1.165, 1.54) is 5.56 Å². The van der Waals surface area contributed by atoms with E-state index >= 15 is 0 Å². The van der Waals surface area contributed by atoms with Crippen LogP contribution in [-0.4, -0.2) is 20.2 Å². The molecule has 18 heavy (non-hydrogen) atoms. The average Bonchev–Trinajstić information content (AvgIpc) is 2.24. The standard InChI is InChI=1S/C15H24N2O/c1-15(2,3)11-5-6-13(18-4)12(7-11)14(16)10-8-17-9-10/h5-7,10,14,17H,8-9,16H2,1-4H3. The average molecular weight is 248 g/mol. The van der Waals surface area contributed by atoms with Crippen LogP contribution in [-0.2, 0) is 5.41 Å². The Morgan fingerprint density at radius 1 is 1.33 bits per heavy atom. The number of methoxy groups -OCH3 is 1. The zero-order chi connectivity index (χ0) is 13.3. The van der Waals surface area contributed by atoms with E-state index in [-0.39, 0.29) is 11.5 Å². The van der Waals surface area contributed by atoms with Crippen molar-refractivity contribution in [1.29, 1.82) is 0 Å². The van der Waals surface area contributed by atoms with Gasteiger partial charge in [0.15, 0.2) is 0 Å². The number of rotatable bonds is 3. The van der Waals surface area contributed by atoms with Crippen molar-refractivity contribution < 1.29 is 4.74 Å². The fourth-order valence-corrected chi connectivity index (χ4v) is 2.28. The summed E-state index contributed by atoms with van der Waals surface area (Å²) in [6.07, 6.45) is 0. The number of benzene rings is 1.